The molecular formula is C16H20ClF2N5O5. The van der Waals surface area contributed by atoms with Gasteiger partial charge in [-0.2, -0.15) is 9.97 Å². The predicted octanol–water partition coefficient (Wildman–Crippen LogP) is 0.314. The summed E-state index contributed by atoms with van der Waals surface area (Å²) in [6.45, 7) is 1.48. The fourth-order valence-electron chi connectivity index (χ4n) is 3.48. The van der Waals surface area contributed by atoms with Crippen molar-refractivity contribution < 1.29 is 33.6 Å². The molecule has 2 aliphatic rings. The minimum Gasteiger partial charge on any atom is -0.388 e. The van der Waals surface area contributed by atoms with Crippen LogP contribution in [0.4, 0.5) is 14.6 Å². The summed E-state index contributed by atoms with van der Waals surface area (Å²) in [7, 11) is 0. The van der Waals surface area contributed by atoms with Gasteiger partial charge in [-0.05, 0) is 18.0 Å². The molecule has 29 heavy (non-hydrogen) atoms. The summed E-state index contributed by atoms with van der Waals surface area (Å²) in [6.07, 6.45) is -9.45. The number of nitrogens with one attached hydrogen (secondary N) is 1. The van der Waals surface area contributed by atoms with E-state index in [2.05, 4.69) is 20.3 Å². The van der Waals surface area contributed by atoms with Gasteiger partial charge in [-0.3, -0.25) is 4.57 Å². The van der Waals surface area contributed by atoms with E-state index >= 15 is 0 Å². The lowest BCUT2D eigenvalue weighted by Crippen LogP contribution is -2.53. The Morgan fingerprint density at radius 2 is 2.00 bits per heavy atom. The van der Waals surface area contributed by atoms with Gasteiger partial charge in [-0.25, -0.2) is 13.8 Å². The second-order valence-electron chi connectivity index (χ2n) is 6.97. The van der Waals surface area contributed by atoms with Crippen LogP contribution in [0.1, 0.15) is 19.6 Å². The summed E-state index contributed by atoms with van der Waals surface area (Å²) in [5, 5.41) is 31.6. The van der Waals surface area contributed by atoms with Gasteiger partial charge < -0.3 is 30.1 Å². The van der Waals surface area contributed by atoms with Crippen molar-refractivity contribution in [3.8, 4) is 0 Å². The maximum Gasteiger partial charge on any atom is 0.226 e. The third-order valence-electron chi connectivity index (χ3n) is 5.10. The van der Waals surface area contributed by atoms with E-state index in [-0.39, 0.29) is 28.9 Å². The SMILES string of the molecule is CC[C@H]1O[C@@H](n2cnc3c(N[C@@H]4OC[C@@H](O)[C@@H](O)[C@@H]4F)nc(Cl)nc32)[C@@H](F)[C@@H]1O. The zero-order valence-electron chi connectivity index (χ0n) is 15.2. The number of hydrogen-bond donors (Lipinski definition) is 4. The average Bonchev–Trinajstić information content (AvgIpc) is 3.23. The molecule has 0 amide bonds. The van der Waals surface area contributed by atoms with Crippen LogP contribution in [0, 0.1) is 0 Å². The van der Waals surface area contributed by atoms with Crippen LogP contribution in [-0.4, -0.2) is 84.4 Å². The van der Waals surface area contributed by atoms with E-state index in [1.807, 2.05) is 0 Å². The largest absolute Gasteiger partial charge is 0.388 e. The number of aliphatic hydroxyl groups is 3. The van der Waals surface area contributed by atoms with Gasteiger partial charge in [0.15, 0.2) is 41.8 Å². The molecule has 2 aliphatic heterocycles. The van der Waals surface area contributed by atoms with Gasteiger partial charge in [-0.1, -0.05) is 6.92 Å². The fraction of sp³-hybridized carbons (Fsp3) is 0.688. The van der Waals surface area contributed by atoms with Gasteiger partial charge in [0.1, 0.15) is 18.3 Å². The maximum atomic E-state index is 14.6. The smallest absolute Gasteiger partial charge is 0.226 e. The summed E-state index contributed by atoms with van der Waals surface area (Å²) in [4.78, 5) is 12.2. The second-order valence-corrected chi connectivity index (χ2v) is 7.31. The van der Waals surface area contributed by atoms with Crippen LogP contribution in [0.3, 0.4) is 0 Å². The number of halogens is 3. The highest BCUT2D eigenvalue weighted by Gasteiger charge is 2.45. The van der Waals surface area contributed by atoms with Crippen LogP contribution in [0.25, 0.3) is 11.2 Å². The predicted molar refractivity (Wildman–Crippen MR) is 95.7 cm³/mol. The Labute approximate surface area is 168 Å². The van der Waals surface area contributed by atoms with Crippen molar-refractivity contribution in [3.63, 3.8) is 0 Å². The molecule has 4 rings (SSSR count). The molecule has 2 fully saturated rings. The standard InChI is InChI=1S/C16H20ClF2N5O5/c1-2-6-11(27)8(19)15(29-6)24-4-20-9-12(22-16(17)23-13(9)24)21-14-7(18)10(26)5(25)3-28-14/h4-8,10-11,14-15,25-27H,2-3H2,1H3,(H,21,22,23)/t5-,6-,7+,8+,10-,11-,14-,15-/m1/s1. The van der Waals surface area contributed by atoms with Gasteiger partial charge in [0.05, 0.1) is 19.0 Å². The van der Waals surface area contributed by atoms with Crippen molar-refractivity contribution in [2.75, 3.05) is 11.9 Å². The van der Waals surface area contributed by atoms with Crippen molar-refractivity contribution in [2.24, 2.45) is 0 Å². The molecule has 160 valence electrons. The van der Waals surface area contributed by atoms with Crippen LogP contribution in [0.2, 0.25) is 5.28 Å². The zero-order chi connectivity index (χ0) is 20.9. The van der Waals surface area contributed by atoms with Gasteiger partial charge in [0.2, 0.25) is 5.28 Å². The van der Waals surface area contributed by atoms with Crippen LogP contribution in [0.5, 0.6) is 0 Å². The Balaban J connectivity index is 1.66. The normalized spacial score (nSPS) is 37.9. The van der Waals surface area contributed by atoms with Crippen LogP contribution < -0.4 is 5.32 Å². The number of aromatic nitrogens is 4. The number of alkyl halides is 2. The minimum atomic E-state index is -1.95. The molecule has 8 atom stereocenters. The highest BCUT2D eigenvalue weighted by Crippen LogP contribution is 2.36. The number of fused-ring (bicyclic) bond motifs is 1. The first-order chi connectivity index (χ1) is 13.8. The highest BCUT2D eigenvalue weighted by atomic mass is 35.5. The molecule has 0 aliphatic carbocycles. The van der Waals surface area contributed by atoms with Crippen molar-refractivity contribution in [2.45, 2.75) is 62.6 Å². The number of ether oxygens (including phenoxy) is 2. The van der Waals surface area contributed by atoms with Crippen molar-refractivity contribution in [1.82, 2.24) is 19.5 Å². The van der Waals surface area contributed by atoms with E-state index < -0.39 is 49.2 Å². The topological polar surface area (TPSA) is 135 Å². The average molecular weight is 436 g/mol. The molecule has 0 radical (unpaired) electrons. The van der Waals surface area contributed by atoms with Crippen LogP contribution >= 0.6 is 11.6 Å². The quantitative estimate of drug-likeness (QED) is 0.500. The number of rotatable bonds is 4. The molecule has 10 nitrogen and oxygen atoms in total. The Bertz CT molecular complexity index is 891. The summed E-state index contributed by atoms with van der Waals surface area (Å²) in [6, 6.07) is 0. The number of anilines is 1. The lowest BCUT2D eigenvalue weighted by atomic mass is 10.1. The van der Waals surface area contributed by atoms with Gasteiger partial charge >= 0.3 is 0 Å². The Kier molecular flexibility index (Phi) is 5.57. The highest BCUT2D eigenvalue weighted by molar-refractivity contribution is 6.28. The number of imidazole rings is 1. The van der Waals surface area contributed by atoms with Crippen LogP contribution in [-0.2, 0) is 9.47 Å². The summed E-state index contributed by atoms with van der Waals surface area (Å²) in [5.41, 5.74) is 0.243. The second kappa shape index (κ2) is 7.85. The van der Waals surface area contributed by atoms with E-state index in [4.69, 9.17) is 21.1 Å². The third-order valence-corrected chi connectivity index (χ3v) is 5.27. The zero-order valence-corrected chi connectivity index (χ0v) is 15.9. The Morgan fingerprint density at radius 3 is 2.69 bits per heavy atom. The molecule has 0 spiro atoms. The number of nitrogens with zero attached hydrogens (tertiary/aromatic N) is 4. The molecule has 0 unspecified atom stereocenters. The van der Waals surface area contributed by atoms with Crippen molar-refractivity contribution in [1.29, 1.82) is 0 Å². The first kappa shape index (κ1) is 20.6. The molecule has 4 heterocycles. The molecule has 2 saturated heterocycles. The van der Waals surface area contributed by atoms with Crippen molar-refractivity contribution >= 4 is 28.6 Å². The van der Waals surface area contributed by atoms with E-state index in [0.29, 0.717) is 6.42 Å². The summed E-state index contributed by atoms with van der Waals surface area (Å²) in [5.74, 6) is -0.00372. The summed E-state index contributed by atoms with van der Waals surface area (Å²) < 4.78 is 40.9. The molecule has 0 bridgehead atoms. The number of hydrogen-bond acceptors (Lipinski definition) is 9. The molecule has 4 N–H and O–H groups in total. The Morgan fingerprint density at radius 1 is 1.24 bits per heavy atom. The maximum absolute atomic E-state index is 14.6. The summed E-state index contributed by atoms with van der Waals surface area (Å²) >= 11 is 5.98. The van der Waals surface area contributed by atoms with E-state index in [9.17, 15) is 24.1 Å². The first-order valence-electron chi connectivity index (χ1n) is 9.07. The lowest BCUT2D eigenvalue weighted by molar-refractivity contribution is -0.155. The van der Waals surface area contributed by atoms with Crippen molar-refractivity contribution in [3.05, 3.63) is 11.6 Å². The van der Waals surface area contributed by atoms with Gasteiger partial charge in [0.25, 0.3) is 0 Å². The molecular weight excluding hydrogens is 416 g/mol. The van der Waals surface area contributed by atoms with Gasteiger partial charge in [-0.15, -0.1) is 0 Å². The Hall–Kier alpha value is -1.70. The van der Waals surface area contributed by atoms with E-state index in [0.717, 1.165) is 0 Å². The van der Waals surface area contributed by atoms with E-state index in [1.165, 1.54) is 10.9 Å². The first-order valence-corrected chi connectivity index (χ1v) is 9.45. The monoisotopic (exact) mass is 435 g/mol. The molecule has 2 aromatic heterocycles. The van der Waals surface area contributed by atoms with E-state index in [1.54, 1.807) is 6.92 Å². The minimum absolute atomic E-state index is 0.00372. The molecule has 0 aromatic carbocycles. The fourth-order valence-corrected chi connectivity index (χ4v) is 3.65. The lowest BCUT2D eigenvalue weighted by Gasteiger charge is -2.34. The molecule has 2 aromatic rings. The number of aliphatic hydroxyl groups excluding tert-OH is 3. The third kappa shape index (κ3) is 3.53. The van der Waals surface area contributed by atoms with Crippen LogP contribution in [0.15, 0.2) is 6.33 Å². The molecule has 0 saturated carbocycles. The molecule has 13 heteroatoms. The van der Waals surface area contributed by atoms with Gasteiger partial charge in [0, 0.05) is 0 Å².